The number of hydrogen-bond acceptors (Lipinski definition) is 4. The Bertz CT molecular complexity index is 1070. The smallest absolute Gasteiger partial charge is 0.246 e. The third-order valence-corrected chi connectivity index (χ3v) is 5.24. The Kier molecular flexibility index (Phi) is 5.12. The second-order valence-corrected chi connectivity index (χ2v) is 7.68. The molecule has 1 aromatic heterocycles. The molecule has 0 aliphatic heterocycles. The highest BCUT2D eigenvalue weighted by Crippen LogP contribution is 2.22. The summed E-state index contributed by atoms with van der Waals surface area (Å²) < 4.78 is 54.4. The van der Waals surface area contributed by atoms with Gasteiger partial charge in [-0.05, 0) is 29.8 Å². The van der Waals surface area contributed by atoms with E-state index in [1.165, 1.54) is 11.0 Å². The normalized spacial score (nSPS) is 11.5. The van der Waals surface area contributed by atoms with E-state index in [1.807, 2.05) is 4.72 Å². The molecule has 2 aromatic carbocycles. The molecule has 0 atom stereocenters. The molecule has 6 nitrogen and oxygen atoms in total. The van der Waals surface area contributed by atoms with Crippen molar-refractivity contribution in [2.75, 3.05) is 4.72 Å². The minimum absolute atomic E-state index is 0.218. The number of nitrogens with one attached hydrogen (secondary N) is 1. The van der Waals surface area contributed by atoms with Crippen molar-refractivity contribution in [3.05, 3.63) is 70.0 Å². The minimum atomic E-state index is -4.31. The van der Waals surface area contributed by atoms with Crippen LogP contribution in [0.4, 0.5) is 14.7 Å². The molecule has 0 aliphatic rings. The van der Waals surface area contributed by atoms with Gasteiger partial charge in [0.1, 0.15) is 22.9 Å². The first-order chi connectivity index (χ1) is 12.2. The van der Waals surface area contributed by atoms with E-state index < -0.39 is 26.6 Å². The fraction of sp³-hybridized carbons (Fsp3) is 0.0667. The minimum Gasteiger partial charge on any atom is -0.246 e. The number of benzene rings is 2. The Morgan fingerprint density at radius 2 is 1.88 bits per heavy atom. The molecule has 0 unspecified atom stereocenters. The van der Waals surface area contributed by atoms with E-state index in [4.69, 9.17) is 23.2 Å². The molecule has 0 aliphatic carbocycles. The van der Waals surface area contributed by atoms with Gasteiger partial charge in [0.15, 0.2) is 0 Å². The lowest BCUT2D eigenvalue weighted by molar-refractivity contribution is 0.551. The van der Waals surface area contributed by atoms with Crippen molar-refractivity contribution in [1.82, 2.24) is 14.8 Å². The Balaban J connectivity index is 1.79. The summed E-state index contributed by atoms with van der Waals surface area (Å²) in [6, 6.07) is 7.05. The van der Waals surface area contributed by atoms with E-state index in [1.54, 1.807) is 18.2 Å². The summed E-state index contributed by atoms with van der Waals surface area (Å²) in [5.74, 6) is -2.37. The van der Waals surface area contributed by atoms with Gasteiger partial charge in [0.25, 0.3) is 16.0 Å². The van der Waals surface area contributed by atoms with Crippen molar-refractivity contribution in [3.63, 3.8) is 0 Å². The number of nitrogens with zero attached hydrogens (tertiary/aromatic N) is 3. The lowest BCUT2D eigenvalue weighted by Crippen LogP contribution is -2.16. The standard InChI is InChI=1S/C15H10Cl2F2N4O2S/c16-10-2-1-9(12(17)5-10)7-23-8-20-15(21-23)22-26(24,25)14-4-3-11(18)6-13(14)19/h1-6,8H,7H2,(H,21,22). The Labute approximate surface area is 157 Å². The number of rotatable bonds is 5. The monoisotopic (exact) mass is 418 g/mol. The molecule has 26 heavy (non-hydrogen) atoms. The molecule has 0 radical (unpaired) electrons. The van der Waals surface area contributed by atoms with Gasteiger partial charge in [-0.15, -0.1) is 5.10 Å². The highest BCUT2D eigenvalue weighted by atomic mass is 35.5. The van der Waals surface area contributed by atoms with Crippen molar-refractivity contribution < 1.29 is 17.2 Å². The Morgan fingerprint density at radius 3 is 2.58 bits per heavy atom. The van der Waals surface area contributed by atoms with Crippen LogP contribution in [0.5, 0.6) is 0 Å². The van der Waals surface area contributed by atoms with Gasteiger partial charge in [0.05, 0.1) is 6.54 Å². The topological polar surface area (TPSA) is 76.9 Å². The van der Waals surface area contributed by atoms with Gasteiger partial charge in [-0.3, -0.25) is 0 Å². The number of aromatic nitrogens is 3. The number of halogens is 4. The highest BCUT2D eigenvalue weighted by Gasteiger charge is 2.21. The second-order valence-electron chi connectivity index (χ2n) is 5.18. The van der Waals surface area contributed by atoms with Crippen LogP contribution in [0.15, 0.2) is 47.6 Å². The molecule has 1 N–H and O–H groups in total. The molecular formula is C15H10Cl2F2N4O2S. The zero-order chi connectivity index (χ0) is 18.9. The summed E-state index contributed by atoms with van der Waals surface area (Å²) in [6.45, 7) is 0.218. The zero-order valence-corrected chi connectivity index (χ0v) is 15.2. The number of anilines is 1. The van der Waals surface area contributed by atoms with Crippen molar-refractivity contribution >= 4 is 39.2 Å². The summed E-state index contributed by atoms with van der Waals surface area (Å²) in [5.41, 5.74) is 0.694. The third kappa shape index (κ3) is 4.12. The maximum atomic E-state index is 13.7. The number of hydrogen-bond donors (Lipinski definition) is 1. The summed E-state index contributed by atoms with van der Waals surface area (Å²) in [6.07, 6.45) is 1.28. The first-order valence-corrected chi connectivity index (χ1v) is 9.30. The molecule has 11 heteroatoms. The summed E-state index contributed by atoms with van der Waals surface area (Å²) >= 11 is 11.9. The Hall–Kier alpha value is -2.23. The van der Waals surface area contributed by atoms with Crippen LogP contribution in [-0.2, 0) is 16.6 Å². The van der Waals surface area contributed by atoms with E-state index in [0.29, 0.717) is 21.7 Å². The van der Waals surface area contributed by atoms with Crippen LogP contribution in [0.3, 0.4) is 0 Å². The fourth-order valence-corrected chi connectivity index (χ4v) is 3.59. The predicted molar refractivity (Wildman–Crippen MR) is 92.8 cm³/mol. The molecular weight excluding hydrogens is 409 g/mol. The van der Waals surface area contributed by atoms with Crippen LogP contribution < -0.4 is 4.72 Å². The fourth-order valence-electron chi connectivity index (χ4n) is 2.11. The third-order valence-electron chi connectivity index (χ3n) is 3.29. The molecule has 0 bridgehead atoms. The lowest BCUT2D eigenvalue weighted by Gasteiger charge is -2.06. The van der Waals surface area contributed by atoms with E-state index in [2.05, 4.69) is 10.1 Å². The van der Waals surface area contributed by atoms with Gasteiger partial charge >= 0.3 is 0 Å². The van der Waals surface area contributed by atoms with Crippen molar-refractivity contribution in [1.29, 1.82) is 0 Å². The van der Waals surface area contributed by atoms with E-state index >= 15 is 0 Å². The quantitative estimate of drug-likeness (QED) is 0.684. The van der Waals surface area contributed by atoms with Gasteiger partial charge in [0, 0.05) is 16.1 Å². The molecule has 3 aromatic rings. The first-order valence-electron chi connectivity index (χ1n) is 7.06. The average molecular weight is 419 g/mol. The summed E-state index contributed by atoms with van der Waals surface area (Å²) in [7, 11) is -4.31. The summed E-state index contributed by atoms with van der Waals surface area (Å²) in [4.78, 5) is 3.10. The molecule has 0 saturated heterocycles. The molecule has 0 saturated carbocycles. The van der Waals surface area contributed by atoms with Gasteiger partial charge < -0.3 is 0 Å². The lowest BCUT2D eigenvalue weighted by atomic mass is 10.2. The van der Waals surface area contributed by atoms with Crippen molar-refractivity contribution in [2.45, 2.75) is 11.4 Å². The number of sulfonamides is 1. The van der Waals surface area contributed by atoms with E-state index in [-0.39, 0.29) is 12.5 Å². The first kappa shape index (κ1) is 18.6. The largest absolute Gasteiger partial charge is 0.267 e. The van der Waals surface area contributed by atoms with Gasteiger partial charge in [-0.25, -0.2) is 26.6 Å². The molecule has 0 spiro atoms. The maximum absolute atomic E-state index is 13.7. The van der Waals surface area contributed by atoms with Crippen molar-refractivity contribution in [3.8, 4) is 0 Å². The van der Waals surface area contributed by atoms with Crippen LogP contribution in [0.2, 0.25) is 10.0 Å². The molecule has 136 valence electrons. The second kappa shape index (κ2) is 7.18. The highest BCUT2D eigenvalue weighted by molar-refractivity contribution is 7.92. The van der Waals surface area contributed by atoms with E-state index in [9.17, 15) is 17.2 Å². The summed E-state index contributed by atoms with van der Waals surface area (Å²) in [5, 5.41) is 4.85. The Morgan fingerprint density at radius 1 is 1.12 bits per heavy atom. The zero-order valence-electron chi connectivity index (χ0n) is 12.8. The SMILES string of the molecule is O=S(=O)(Nc1ncn(Cc2ccc(Cl)cc2Cl)n1)c1ccc(F)cc1F. The van der Waals surface area contributed by atoms with Gasteiger partial charge in [-0.1, -0.05) is 29.3 Å². The van der Waals surface area contributed by atoms with Crippen LogP contribution in [0.1, 0.15) is 5.56 Å². The van der Waals surface area contributed by atoms with Crippen LogP contribution in [0, 0.1) is 11.6 Å². The molecule has 0 amide bonds. The molecule has 0 fully saturated rings. The van der Waals surface area contributed by atoms with Crippen LogP contribution in [0.25, 0.3) is 0 Å². The molecule has 1 heterocycles. The van der Waals surface area contributed by atoms with Crippen LogP contribution in [-0.4, -0.2) is 23.2 Å². The average Bonchev–Trinajstić information content (AvgIpc) is 2.96. The van der Waals surface area contributed by atoms with Crippen molar-refractivity contribution in [2.24, 2.45) is 0 Å². The van der Waals surface area contributed by atoms with Crippen LogP contribution >= 0.6 is 23.2 Å². The van der Waals surface area contributed by atoms with Gasteiger partial charge in [-0.2, -0.15) is 4.98 Å². The van der Waals surface area contributed by atoms with Gasteiger partial charge in [0.2, 0.25) is 0 Å². The predicted octanol–water partition coefficient (Wildman–Crippen LogP) is 3.71. The maximum Gasteiger partial charge on any atom is 0.267 e. The van der Waals surface area contributed by atoms with E-state index in [0.717, 1.165) is 12.1 Å². The molecule has 3 rings (SSSR count).